The molecule has 0 aromatic carbocycles. The summed E-state index contributed by atoms with van der Waals surface area (Å²) in [6.07, 6.45) is 14.5. The minimum absolute atomic E-state index is 0.258. The molecule has 3 aliphatic rings. The van der Waals surface area contributed by atoms with Crippen molar-refractivity contribution in [1.29, 1.82) is 0 Å². The predicted molar refractivity (Wildman–Crippen MR) is 291 cm³/mol. The van der Waals surface area contributed by atoms with Crippen LogP contribution in [0.25, 0.3) is 0 Å². The Labute approximate surface area is 462 Å². The van der Waals surface area contributed by atoms with Crippen LogP contribution in [0.4, 0.5) is 0 Å². The molecule has 3 rings (SSSR count). The van der Waals surface area contributed by atoms with Gasteiger partial charge in [-0.1, -0.05) is 213 Å². The molecular weight excluding hydrogens is 999 g/mol. The van der Waals surface area contributed by atoms with Crippen molar-refractivity contribution in [3.63, 3.8) is 0 Å². The molecule has 0 aliphatic carbocycles. The maximum atomic E-state index is 13.0. The molecule has 3 fully saturated rings. The van der Waals surface area contributed by atoms with E-state index >= 15 is 0 Å². The number of ether oxygens (including phenoxy) is 6. The van der Waals surface area contributed by atoms with E-state index in [1.807, 2.05) is 0 Å². The number of carbonyl (C=O) groups is 1. The second-order valence-electron chi connectivity index (χ2n) is 22.5. The highest BCUT2D eigenvalue weighted by molar-refractivity contribution is 5.76. The van der Waals surface area contributed by atoms with E-state index in [4.69, 9.17) is 28.4 Å². The second kappa shape index (κ2) is 42.6. The van der Waals surface area contributed by atoms with Crippen LogP contribution in [0.3, 0.4) is 0 Å². The van der Waals surface area contributed by atoms with Crippen molar-refractivity contribution in [3.8, 4) is 0 Å². The lowest BCUT2D eigenvalue weighted by atomic mass is 9.96. The molecule has 3 aliphatic heterocycles. The average Bonchev–Trinajstić information content (AvgIpc) is 3.43. The number of nitrogens with one attached hydrogen (secondary N) is 1. The van der Waals surface area contributed by atoms with Crippen molar-refractivity contribution in [2.75, 3.05) is 26.4 Å². The Kier molecular flexibility index (Phi) is 38.7. The maximum Gasteiger partial charge on any atom is 0.220 e. The second-order valence-corrected chi connectivity index (χ2v) is 22.5. The van der Waals surface area contributed by atoms with Crippen molar-refractivity contribution in [1.82, 2.24) is 5.32 Å². The molecular formula is C58H111NO18. The van der Waals surface area contributed by atoms with Crippen LogP contribution >= 0.6 is 0 Å². The molecule has 0 spiro atoms. The van der Waals surface area contributed by atoms with E-state index in [1.54, 1.807) is 0 Å². The van der Waals surface area contributed by atoms with Gasteiger partial charge in [0.1, 0.15) is 73.2 Å². The lowest BCUT2D eigenvalue weighted by Crippen LogP contribution is -2.66. The summed E-state index contributed by atoms with van der Waals surface area (Å²) >= 11 is 0. The van der Waals surface area contributed by atoms with E-state index in [0.717, 1.165) is 44.9 Å². The fourth-order valence-corrected chi connectivity index (χ4v) is 10.8. The van der Waals surface area contributed by atoms with Gasteiger partial charge in [-0.3, -0.25) is 4.79 Å². The predicted octanol–water partition coefficient (Wildman–Crippen LogP) is 5.60. The van der Waals surface area contributed by atoms with Crippen LogP contribution in [0.2, 0.25) is 0 Å². The molecule has 17 atom stereocenters. The summed E-state index contributed by atoms with van der Waals surface area (Å²) in [7, 11) is 0. The first-order chi connectivity index (χ1) is 37.3. The largest absolute Gasteiger partial charge is 0.394 e. The van der Waals surface area contributed by atoms with Crippen LogP contribution in [0.15, 0.2) is 0 Å². The van der Waals surface area contributed by atoms with Gasteiger partial charge in [0.15, 0.2) is 18.9 Å². The molecule has 77 heavy (non-hydrogen) atoms. The lowest BCUT2D eigenvalue weighted by molar-refractivity contribution is -0.379. The Hall–Kier alpha value is -1.21. The average molecular weight is 1110 g/mol. The van der Waals surface area contributed by atoms with Crippen molar-refractivity contribution in [2.24, 2.45) is 0 Å². The van der Waals surface area contributed by atoms with E-state index < -0.39 is 124 Å². The fraction of sp³-hybridized carbons (Fsp3) is 0.983. The Morgan fingerprint density at radius 3 is 1.13 bits per heavy atom. The van der Waals surface area contributed by atoms with Gasteiger partial charge in [-0.2, -0.15) is 0 Å². The number of aliphatic hydroxyl groups excluding tert-OH is 11. The summed E-state index contributed by atoms with van der Waals surface area (Å²) in [5.74, 6) is -0.258. The van der Waals surface area contributed by atoms with Crippen molar-refractivity contribution in [2.45, 2.75) is 336 Å². The van der Waals surface area contributed by atoms with Crippen LogP contribution in [0, 0.1) is 0 Å². The zero-order chi connectivity index (χ0) is 56.2. The van der Waals surface area contributed by atoms with Crippen LogP contribution in [-0.4, -0.2) is 193 Å². The molecule has 0 aromatic heterocycles. The molecule has 0 saturated carbocycles. The highest BCUT2D eigenvalue weighted by Gasteiger charge is 2.53. The molecule has 3 saturated heterocycles. The van der Waals surface area contributed by atoms with Gasteiger partial charge in [-0.05, 0) is 12.8 Å². The van der Waals surface area contributed by atoms with Gasteiger partial charge < -0.3 is 89.9 Å². The summed E-state index contributed by atoms with van der Waals surface area (Å²) < 4.78 is 34.1. The molecule has 12 N–H and O–H groups in total. The van der Waals surface area contributed by atoms with Crippen LogP contribution in [0.5, 0.6) is 0 Å². The quantitative estimate of drug-likeness (QED) is 0.0330. The van der Waals surface area contributed by atoms with Crippen molar-refractivity contribution in [3.05, 3.63) is 0 Å². The van der Waals surface area contributed by atoms with Gasteiger partial charge in [0.2, 0.25) is 5.91 Å². The minimum Gasteiger partial charge on any atom is -0.394 e. The SMILES string of the molecule is CCCCCCCCCCCCCCCCCCCCCCCCCCCCCCC(O)C(COC1OC(CO)C(OC2OC(CO)C(OC3OC(CO)C(O)C(O)C3O)C(O)C2O)C(O)C1O)NC(=O)CCCCCC. The zero-order valence-corrected chi connectivity index (χ0v) is 47.5. The number of aliphatic hydroxyl groups is 11. The summed E-state index contributed by atoms with van der Waals surface area (Å²) in [4.78, 5) is 13.0. The van der Waals surface area contributed by atoms with E-state index in [2.05, 4.69) is 19.2 Å². The summed E-state index contributed by atoms with van der Waals surface area (Å²) in [5.41, 5.74) is 0. The summed E-state index contributed by atoms with van der Waals surface area (Å²) in [6, 6.07) is -0.877. The number of hydrogen-bond donors (Lipinski definition) is 12. The number of hydrogen-bond acceptors (Lipinski definition) is 18. The Morgan fingerprint density at radius 1 is 0.416 bits per heavy atom. The fourth-order valence-electron chi connectivity index (χ4n) is 10.8. The monoisotopic (exact) mass is 1110 g/mol. The van der Waals surface area contributed by atoms with Crippen molar-refractivity contribution >= 4 is 5.91 Å². The molecule has 19 heteroatoms. The van der Waals surface area contributed by atoms with Crippen LogP contribution in [0.1, 0.15) is 232 Å². The molecule has 456 valence electrons. The van der Waals surface area contributed by atoms with Gasteiger partial charge in [-0.25, -0.2) is 0 Å². The number of carbonyl (C=O) groups excluding carboxylic acids is 1. The number of rotatable bonds is 46. The maximum absolute atomic E-state index is 13.0. The van der Waals surface area contributed by atoms with Gasteiger partial charge >= 0.3 is 0 Å². The molecule has 0 aromatic rings. The molecule has 1 amide bonds. The standard InChI is InChI=1S/C58H111NO18/c1-3-5-7-9-10-11-12-13-14-15-16-17-18-19-20-21-22-23-24-25-26-27-28-29-30-31-32-33-35-42(63)41(59-46(64)36-34-8-6-4-2)40-72-56-52(70)49(67)54(44(38-61)74-56)77-58-53(71)50(68)55(45(39-62)75-58)76-57-51(69)48(66)47(65)43(37-60)73-57/h41-45,47-58,60-63,65-71H,3-40H2,1-2H3,(H,59,64). The molecule has 17 unspecified atom stereocenters. The van der Waals surface area contributed by atoms with Gasteiger partial charge in [0.25, 0.3) is 0 Å². The van der Waals surface area contributed by atoms with Crippen LogP contribution < -0.4 is 5.32 Å². The minimum atomic E-state index is -1.97. The van der Waals surface area contributed by atoms with Crippen LogP contribution in [-0.2, 0) is 33.2 Å². The third-order valence-electron chi connectivity index (χ3n) is 15.9. The third-order valence-corrected chi connectivity index (χ3v) is 15.9. The van der Waals surface area contributed by atoms with E-state index in [-0.39, 0.29) is 18.9 Å². The topological polar surface area (TPSA) is 307 Å². The van der Waals surface area contributed by atoms with E-state index in [9.17, 15) is 61.0 Å². The Bertz CT molecular complexity index is 1420. The number of unbranched alkanes of at least 4 members (excludes halogenated alkanes) is 30. The Morgan fingerprint density at radius 2 is 0.740 bits per heavy atom. The Balaban J connectivity index is 1.33. The first-order valence-corrected chi connectivity index (χ1v) is 30.8. The van der Waals surface area contributed by atoms with Crippen molar-refractivity contribution < 1.29 is 89.4 Å². The first kappa shape index (κ1) is 70.1. The highest BCUT2D eigenvalue weighted by atomic mass is 16.8. The molecule has 0 bridgehead atoms. The molecule has 3 heterocycles. The lowest BCUT2D eigenvalue weighted by Gasteiger charge is -2.48. The van der Waals surface area contributed by atoms with Gasteiger partial charge in [0, 0.05) is 6.42 Å². The third kappa shape index (κ3) is 26.7. The molecule has 19 nitrogen and oxygen atoms in total. The van der Waals surface area contributed by atoms with Gasteiger partial charge in [0.05, 0.1) is 38.6 Å². The van der Waals surface area contributed by atoms with Gasteiger partial charge in [-0.15, -0.1) is 0 Å². The van der Waals surface area contributed by atoms with E-state index in [1.165, 1.54) is 154 Å². The summed E-state index contributed by atoms with van der Waals surface area (Å²) in [5, 5.41) is 120. The summed E-state index contributed by atoms with van der Waals surface area (Å²) in [6.45, 7) is 1.67. The smallest absolute Gasteiger partial charge is 0.220 e. The number of amides is 1. The molecule has 0 radical (unpaired) electrons. The normalized spacial score (nSPS) is 30.6. The zero-order valence-electron chi connectivity index (χ0n) is 47.5. The van der Waals surface area contributed by atoms with E-state index in [0.29, 0.717) is 12.8 Å². The first-order valence-electron chi connectivity index (χ1n) is 30.8. The highest BCUT2D eigenvalue weighted by Crippen LogP contribution is 2.33.